The number of aromatic carboxylic acids is 1. The Morgan fingerprint density at radius 1 is 1.16 bits per heavy atom. The maximum absolute atomic E-state index is 13.0. The van der Waals surface area contributed by atoms with Crippen molar-refractivity contribution in [2.75, 3.05) is 19.0 Å². The van der Waals surface area contributed by atoms with Gasteiger partial charge in [0.25, 0.3) is 0 Å². The topological polar surface area (TPSA) is 70.5 Å². The third-order valence-electron chi connectivity index (χ3n) is 4.16. The predicted octanol–water partition coefficient (Wildman–Crippen LogP) is 3.87. The summed E-state index contributed by atoms with van der Waals surface area (Å²) in [5.41, 5.74) is 0.864. The molecule has 25 heavy (non-hydrogen) atoms. The summed E-state index contributed by atoms with van der Waals surface area (Å²) < 4.78 is 0.853. The van der Waals surface area contributed by atoms with Crippen LogP contribution in [0.1, 0.15) is 36.7 Å². The van der Waals surface area contributed by atoms with Gasteiger partial charge in [-0.05, 0) is 29.2 Å². The molecule has 1 aromatic carbocycles. The molecule has 0 aliphatic carbocycles. The molecular formula is C19H20N2O3S. The summed E-state index contributed by atoms with van der Waals surface area (Å²) in [6.45, 7) is 6.28. The predicted molar refractivity (Wildman–Crippen MR) is 103 cm³/mol. The van der Waals surface area contributed by atoms with Gasteiger partial charge in [0, 0.05) is 24.2 Å². The van der Waals surface area contributed by atoms with E-state index in [0.29, 0.717) is 21.4 Å². The largest absolute Gasteiger partial charge is 0.478 e. The number of fused-ring (bicyclic) bond motifs is 2. The summed E-state index contributed by atoms with van der Waals surface area (Å²) in [7, 11) is 3.47. The van der Waals surface area contributed by atoms with E-state index in [9.17, 15) is 14.7 Å². The Labute approximate surface area is 149 Å². The number of carboxylic acid groups (broad SMARTS) is 1. The summed E-state index contributed by atoms with van der Waals surface area (Å²) >= 11 is 1.41. The zero-order chi connectivity index (χ0) is 18.5. The fourth-order valence-corrected chi connectivity index (χ4v) is 3.74. The van der Waals surface area contributed by atoms with Crippen molar-refractivity contribution in [2.45, 2.75) is 26.2 Å². The van der Waals surface area contributed by atoms with Crippen molar-refractivity contribution in [1.82, 2.24) is 4.98 Å². The molecule has 0 saturated heterocycles. The number of carboxylic acids is 1. The fraction of sp³-hybridized carbons (Fsp3) is 0.316. The van der Waals surface area contributed by atoms with Gasteiger partial charge in [-0.3, -0.25) is 4.79 Å². The van der Waals surface area contributed by atoms with Crippen molar-refractivity contribution in [1.29, 1.82) is 0 Å². The van der Waals surface area contributed by atoms with E-state index in [4.69, 9.17) is 0 Å². The number of pyridine rings is 1. The number of carbonyl (C=O) groups is 1. The number of hydrogen-bond acceptors (Lipinski definition) is 5. The van der Waals surface area contributed by atoms with Crippen LogP contribution in [0.2, 0.25) is 0 Å². The van der Waals surface area contributed by atoms with Crippen LogP contribution >= 0.6 is 11.3 Å². The summed E-state index contributed by atoms with van der Waals surface area (Å²) in [6.07, 6.45) is 0. The summed E-state index contributed by atoms with van der Waals surface area (Å²) in [4.78, 5) is 31.2. The van der Waals surface area contributed by atoms with Gasteiger partial charge in [-0.15, -0.1) is 11.3 Å². The Morgan fingerprint density at radius 3 is 2.40 bits per heavy atom. The molecule has 2 aromatic heterocycles. The third kappa shape index (κ3) is 2.98. The quantitative estimate of drug-likeness (QED) is 0.706. The van der Waals surface area contributed by atoms with Gasteiger partial charge in [0.15, 0.2) is 5.43 Å². The first-order valence-electron chi connectivity index (χ1n) is 7.92. The molecule has 0 aliphatic heterocycles. The molecule has 3 aromatic rings. The number of hydrogen-bond donors (Lipinski definition) is 1. The van der Waals surface area contributed by atoms with E-state index in [1.165, 1.54) is 17.4 Å². The molecule has 0 atom stereocenters. The summed E-state index contributed by atoms with van der Waals surface area (Å²) in [5, 5.41) is 10.4. The van der Waals surface area contributed by atoms with Gasteiger partial charge < -0.3 is 10.0 Å². The van der Waals surface area contributed by atoms with Crippen molar-refractivity contribution >= 4 is 43.4 Å². The second-order valence-electron chi connectivity index (χ2n) is 7.30. The van der Waals surface area contributed by atoms with E-state index in [-0.39, 0.29) is 16.4 Å². The van der Waals surface area contributed by atoms with Crippen LogP contribution in [-0.4, -0.2) is 30.2 Å². The molecular weight excluding hydrogens is 336 g/mol. The van der Waals surface area contributed by atoms with E-state index in [1.807, 2.05) is 18.2 Å². The van der Waals surface area contributed by atoms with Crippen LogP contribution in [-0.2, 0) is 5.41 Å². The molecule has 0 saturated carbocycles. The van der Waals surface area contributed by atoms with E-state index >= 15 is 0 Å². The number of aromatic nitrogens is 1. The van der Waals surface area contributed by atoms with Crippen molar-refractivity contribution in [3.05, 3.63) is 45.6 Å². The van der Waals surface area contributed by atoms with Gasteiger partial charge in [0.2, 0.25) is 0 Å². The lowest BCUT2D eigenvalue weighted by Crippen LogP contribution is -2.17. The van der Waals surface area contributed by atoms with Gasteiger partial charge in [0.1, 0.15) is 16.2 Å². The lowest BCUT2D eigenvalue weighted by atomic mass is 9.86. The Hall–Kier alpha value is -2.47. The highest BCUT2D eigenvalue weighted by Gasteiger charge is 2.19. The van der Waals surface area contributed by atoms with Crippen LogP contribution in [0.3, 0.4) is 0 Å². The lowest BCUT2D eigenvalue weighted by Gasteiger charge is -2.19. The maximum Gasteiger partial charge on any atom is 0.339 e. The molecule has 2 heterocycles. The first-order chi connectivity index (χ1) is 11.6. The first-order valence-corrected chi connectivity index (χ1v) is 8.74. The van der Waals surface area contributed by atoms with Crippen molar-refractivity contribution < 1.29 is 9.90 Å². The molecule has 0 unspecified atom stereocenters. The Morgan fingerprint density at radius 2 is 1.84 bits per heavy atom. The van der Waals surface area contributed by atoms with E-state index < -0.39 is 5.97 Å². The van der Waals surface area contributed by atoms with E-state index in [0.717, 1.165) is 10.3 Å². The third-order valence-corrected chi connectivity index (χ3v) is 5.24. The number of anilines is 1. The minimum absolute atomic E-state index is 0.0353. The summed E-state index contributed by atoms with van der Waals surface area (Å²) in [5.74, 6) is -0.743. The first kappa shape index (κ1) is 17.4. The molecule has 0 aliphatic rings. The van der Waals surface area contributed by atoms with Gasteiger partial charge in [-0.2, -0.15) is 0 Å². The summed E-state index contributed by atoms with van der Waals surface area (Å²) in [6, 6.07) is 7.34. The molecule has 3 rings (SSSR count). The Kier molecular flexibility index (Phi) is 4.03. The molecule has 0 amide bonds. The monoisotopic (exact) mass is 356 g/mol. The lowest BCUT2D eigenvalue weighted by molar-refractivity contribution is 0.0697. The van der Waals surface area contributed by atoms with Crippen molar-refractivity contribution in [3.8, 4) is 0 Å². The standard InChI is InChI=1S/C19H20N2O3S/c1-19(2,3)10-6-7-14-11(8-10)15(22)12-9-13(18(23)24)16(21(4)5)20-17(12)25-14/h6-9H,1-5H3,(H,23,24). The van der Waals surface area contributed by atoms with Gasteiger partial charge >= 0.3 is 5.97 Å². The highest BCUT2D eigenvalue weighted by molar-refractivity contribution is 7.24. The van der Waals surface area contributed by atoms with Gasteiger partial charge in [0.05, 0.1) is 5.39 Å². The minimum atomic E-state index is -1.09. The van der Waals surface area contributed by atoms with Crippen molar-refractivity contribution in [2.24, 2.45) is 0 Å². The molecule has 0 spiro atoms. The molecule has 0 radical (unpaired) electrons. The van der Waals surface area contributed by atoms with Crippen LogP contribution in [0.25, 0.3) is 20.3 Å². The number of nitrogens with zero attached hydrogens (tertiary/aromatic N) is 2. The Balaban J connectivity index is 2.41. The number of rotatable bonds is 2. The SMILES string of the molecule is CN(C)c1nc2sc3ccc(C(C)(C)C)cc3c(=O)c2cc1C(=O)O. The fourth-order valence-electron chi connectivity index (χ4n) is 2.74. The second kappa shape index (κ2) is 5.81. The molecule has 0 fully saturated rings. The van der Waals surface area contributed by atoms with Crippen LogP contribution in [0, 0.1) is 0 Å². The van der Waals surface area contributed by atoms with Crippen LogP contribution < -0.4 is 10.3 Å². The normalized spacial score (nSPS) is 11.9. The molecule has 0 bridgehead atoms. The zero-order valence-corrected chi connectivity index (χ0v) is 15.7. The molecule has 6 heteroatoms. The Bertz CT molecular complexity index is 1060. The molecule has 5 nitrogen and oxygen atoms in total. The zero-order valence-electron chi connectivity index (χ0n) is 14.9. The van der Waals surface area contributed by atoms with Crippen molar-refractivity contribution in [3.63, 3.8) is 0 Å². The molecule has 130 valence electrons. The van der Waals surface area contributed by atoms with E-state index in [1.54, 1.807) is 19.0 Å². The maximum atomic E-state index is 13.0. The average molecular weight is 356 g/mol. The minimum Gasteiger partial charge on any atom is -0.478 e. The van der Waals surface area contributed by atoms with Crippen LogP contribution in [0.5, 0.6) is 0 Å². The van der Waals surface area contributed by atoms with E-state index in [2.05, 4.69) is 25.8 Å². The smallest absolute Gasteiger partial charge is 0.339 e. The highest BCUT2D eigenvalue weighted by Crippen LogP contribution is 2.30. The molecule has 1 N–H and O–H groups in total. The van der Waals surface area contributed by atoms with Gasteiger partial charge in [-0.25, -0.2) is 9.78 Å². The van der Waals surface area contributed by atoms with Gasteiger partial charge in [-0.1, -0.05) is 26.8 Å². The second-order valence-corrected chi connectivity index (χ2v) is 8.33. The average Bonchev–Trinajstić information content (AvgIpc) is 2.52. The highest BCUT2D eigenvalue weighted by atomic mass is 32.1. The van der Waals surface area contributed by atoms with Crippen LogP contribution in [0.4, 0.5) is 5.82 Å². The van der Waals surface area contributed by atoms with Crippen LogP contribution in [0.15, 0.2) is 29.1 Å². The number of benzene rings is 1.